The fourth-order valence-corrected chi connectivity index (χ4v) is 2.89. The molecule has 0 saturated carbocycles. The maximum Gasteiger partial charge on any atom is 0.261 e. The molecule has 26 heavy (non-hydrogen) atoms. The molecule has 0 radical (unpaired) electrons. The molecule has 0 aliphatic heterocycles. The first kappa shape index (κ1) is 20.1. The number of hydrogen-bond donors (Lipinski definition) is 1. The fourth-order valence-electron chi connectivity index (χ4n) is 2.78. The number of halogens is 1. The number of hydrogen-bond acceptors (Lipinski definition) is 3. The molecule has 1 amide bonds. The van der Waals surface area contributed by atoms with Gasteiger partial charge in [0.05, 0.1) is 13.2 Å². The Labute approximate surface area is 160 Å². The normalized spacial score (nSPS) is 13.0. The topological polar surface area (TPSA) is 47.6 Å². The molecule has 4 nitrogen and oxygen atoms in total. The molecular formula is C21H26ClNO3. The van der Waals surface area contributed by atoms with Crippen LogP contribution in [0, 0.1) is 13.8 Å². The molecule has 0 saturated heterocycles. The molecule has 0 bridgehead atoms. The predicted molar refractivity (Wildman–Crippen MR) is 105 cm³/mol. The van der Waals surface area contributed by atoms with E-state index in [0.29, 0.717) is 10.8 Å². The SMILES string of the molecule is CC[C@H](NC(=O)[C@H](C)Oc1ccc(Cl)c(C)c1)c1ccc(OC)c(C)c1. The summed E-state index contributed by atoms with van der Waals surface area (Å²) in [7, 11) is 1.65. The molecule has 0 aliphatic rings. The number of benzene rings is 2. The molecule has 0 spiro atoms. The molecule has 0 fully saturated rings. The van der Waals surface area contributed by atoms with Gasteiger partial charge in [-0.05, 0) is 68.1 Å². The van der Waals surface area contributed by atoms with Crippen LogP contribution in [0.4, 0.5) is 0 Å². The Morgan fingerprint density at radius 2 is 1.88 bits per heavy atom. The Balaban J connectivity index is 2.05. The van der Waals surface area contributed by atoms with Crippen LogP contribution in [0.2, 0.25) is 5.02 Å². The molecule has 2 rings (SSSR count). The monoisotopic (exact) mass is 375 g/mol. The third-order valence-electron chi connectivity index (χ3n) is 4.36. The van der Waals surface area contributed by atoms with E-state index in [1.807, 2.05) is 45.0 Å². The second-order valence-corrected chi connectivity index (χ2v) is 6.78. The van der Waals surface area contributed by atoms with Crippen molar-refractivity contribution >= 4 is 17.5 Å². The largest absolute Gasteiger partial charge is 0.496 e. The molecule has 2 atom stereocenters. The molecule has 2 aromatic carbocycles. The number of ether oxygens (including phenoxy) is 2. The smallest absolute Gasteiger partial charge is 0.261 e. The number of carbonyl (C=O) groups excluding carboxylic acids is 1. The standard InChI is InChI=1S/C21H26ClNO3/c1-6-19(16-7-10-20(25-5)14(3)11-16)23-21(24)15(4)26-17-8-9-18(22)13(2)12-17/h7-12,15,19H,6H2,1-5H3,(H,23,24)/t15-,19-/m0/s1. The predicted octanol–water partition coefficient (Wildman–Crippen LogP) is 5.00. The van der Waals surface area contributed by atoms with Gasteiger partial charge in [0, 0.05) is 5.02 Å². The number of carbonyl (C=O) groups is 1. The van der Waals surface area contributed by atoms with Crippen LogP contribution >= 0.6 is 11.6 Å². The Hall–Kier alpha value is -2.20. The maximum absolute atomic E-state index is 12.6. The highest BCUT2D eigenvalue weighted by molar-refractivity contribution is 6.31. The highest BCUT2D eigenvalue weighted by atomic mass is 35.5. The number of nitrogens with one attached hydrogen (secondary N) is 1. The molecule has 5 heteroatoms. The summed E-state index contributed by atoms with van der Waals surface area (Å²) < 4.78 is 11.1. The summed E-state index contributed by atoms with van der Waals surface area (Å²) in [4.78, 5) is 12.6. The van der Waals surface area contributed by atoms with Gasteiger partial charge in [-0.15, -0.1) is 0 Å². The lowest BCUT2D eigenvalue weighted by atomic mass is 10.0. The van der Waals surface area contributed by atoms with E-state index in [0.717, 1.165) is 28.9 Å². The van der Waals surface area contributed by atoms with E-state index >= 15 is 0 Å². The Kier molecular flexibility index (Phi) is 6.92. The summed E-state index contributed by atoms with van der Waals surface area (Å²) in [5, 5.41) is 3.74. The second kappa shape index (κ2) is 8.95. The van der Waals surface area contributed by atoms with Gasteiger partial charge in [-0.1, -0.05) is 30.7 Å². The van der Waals surface area contributed by atoms with Crippen LogP contribution in [0.3, 0.4) is 0 Å². The molecule has 0 heterocycles. The van der Waals surface area contributed by atoms with Gasteiger partial charge in [-0.2, -0.15) is 0 Å². The summed E-state index contributed by atoms with van der Waals surface area (Å²) in [6.45, 7) is 7.67. The molecule has 0 unspecified atom stereocenters. The van der Waals surface area contributed by atoms with Crippen molar-refractivity contribution in [2.75, 3.05) is 7.11 Å². The molecular weight excluding hydrogens is 350 g/mol. The maximum atomic E-state index is 12.6. The van der Waals surface area contributed by atoms with E-state index in [9.17, 15) is 4.79 Å². The third kappa shape index (κ3) is 4.92. The zero-order valence-electron chi connectivity index (χ0n) is 15.9. The van der Waals surface area contributed by atoms with Gasteiger partial charge in [0.25, 0.3) is 5.91 Å². The van der Waals surface area contributed by atoms with Gasteiger partial charge in [0.2, 0.25) is 0 Å². The van der Waals surface area contributed by atoms with E-state index in [2.05, 4.69) is 5.32 Å². The van der Waals surface area contributed by atoms with E-state index in [-0.39, 0.29) is 11.9 Å². The van der Waals surface area contributed by atoms with Crippen molar-refractivity contribution in [3.63, 3.8) is 0 Å². The minimum atomic E-state index is -0.607. The lowest BCUT2D eigenvalue weighted by molar-refractivity contribution is -0.128. The zero-order valence-corrected chi connectivity index (χ0v) is 16.7. The van der Waals surface area contributed by atoms with Crippen LogP contribution in [0.1, 0.15) is 43.0 Å². The lowest BCUT2D eigenvalue weighted by Crippen LogP contribution is -2.38. The van der Waals surface area contributed by atoms with Gasteiger partial charge >= 0.3 is 0 Å². The highest BCUT2D eigenvalue weighted by Gasteiger charge is 2.20. The average molecular weight is 376 g/mol. The number of rotatable bonds is 7. The van der Waals surface area contributed by atoms with Gasteiger partial charge < -0.3 is 14.8 Å². The van der Waals surface area contributed by atoms with Crippen LogP contribution in [-0.2, 0) is 4.79 Å². The molecule has 2 aromatic rings. The van der Waals surface area contributed by atoms with Crippen molar-refractivity contribution < 1.29 is 14.3 Å². The number of methoxy groups -OCH3 is 1. The van der Waals surface area contributed by atoms with Crippen molar-refractivity contribution in [2.45, 2.75) is 46.3 Å². The van der Waals surface area contributed by atoms with E-state index < -0.39 is 6.10 Å². The third-order valence-corrected chi connectivity index (χ3v) is 4.78. The highest BCUT2D eigenvalue weighted by Crippen LogP contribution is 2.25. The Morgan fingerprint density at radius 3 is 2.46 bits per heavy atom. The van der Waals surface area contributed by atoms with Gasteiger partial charge in [-0.25, -0.2) is 0 Å². The van der Waals surface area contributed by atoms with Crippen LogP contribution < -0.4 is 14.8 Å². The molecule has 0 aliphatic carbocycles. The van der Waals surface area contributed by atoms with Crippen molar-refractivity contribution in [2.24, 2.45) is 0 Å². The second-order valence-electron chi connectivity index (χ2n) is 6.37. The Bertz CT molecular complexity index is 776. The van der Waals surface area contributed by atoms with Crippen molar-refractivity contribution in [3.05, 3.63) is 58.1 Å². The number of amides is 1. The van der Waals surface area contributed by atoms with E-state index in [1.165, 1.54) is 0 Å². The summed E-state index contributed by atoms with van der Waals surface area (Å²) in [6.07, 6.45) is 0.175. The minimum Gasteiger partial charge on any atom is -0.496 e. The van der Waals surface area contributed by atoms with Crippen molar-refractivity contribution in [1.29, 1.82) is 0 Å². The molecule has 1 N–H and O–H groups in total. The van der Waals surface area contributed by atoms with Crippen LogP contribution in [0.25, 0.3) is 0 Å². The van der Waals surface area contributed by atoms with Crippen LogP contribution in [0.5, 0.6) is 11.5 Å². The first-order valence-corrected chi connectivity index (χ1v) is 9.11. The average Bonchev–Trinajstić information content (AvgIpc) is 2.62. The zero-order chi connectivity index (χ0) is 19.3. The van der Waals surface area contributed by atoms with E-state index in [1.54, 1.807) is 26.2 Å². The first-order chi connectivity index (χ1) is 12.3. The van der Waals surface area contributed by atoms with Crippen molar-refractivity contribution in [1.82, 2.24) is 5.32 Å². The van der Waals surface area contributed by atoms with Crippen LogP contribution in [-0.4, -0.2) is 19.1 Å². The minimum absolute atomic E-state index is 0.0786. The van der Waals surface area contributed by atoms with Gasteiger partial charge in [0.15, 0.2) is 6.10 Å². The summed E-state index contributed by atoms with van der Waals surface area (Å²) in [6, 6.07) is 11.2. The quantitative estimate of drug-likeness (QED) is 0.740. The number of aryl methyl sites for hydroxylation is 2. The summed E-state index contributed by atoms with van der Waals surface area (Å²) in [5.41, 5.74) is 3.00. The lowest BCUT2D eigenvalue weighted by Gasteiger charge is -2.22. The fraction of sp³-hybridized carbons (Fsp3) is 0.381. The van der Waals surface area contributed by atoms with Gasteiger partial charge in [0.1, 0.15) is 11.5 Å². The molecule has 140 valence electrons. The summed E-state index contributed by atoms with van der Waals surface area (Å²) in [5.74, 6) is 1.31. The van der Waals surface area contributed by atoms with Crippen molar-refractivity contribution in [3.8, 4) is 11.5 Å². The van der Waals surface area contributed by atoms with E-state index in [4.69, 9.17) is 21.1 Å². The van der Waals surface area contributed by atoms with Crippen LogP contribution in [0.15, 0.2) is 36.4 Å². The Morgan fingerprint density at radius 1 is 1.15 bits per heavy atom. The molecule has 0 aromatic heterocycles. The first-order valence-electron chi connectivity index (χ1n) is 8.73. The summed E-state index contributed by atoms with van der Waals surface area (Å²) >= 11 is 6.03. The van der Waals surface area contributed by atoms with Gasteiger partial charge in [-0.3, -0.25) is 4.79 Å².